The van der Waals surface area contributed by atoms with E-state index in [0.29, 0.717) is 17.2 Å². The molecule has 0 bridgehead atoms. The molecule has 0 saturated heterocycles. The minimum absolute atomic E-state index is 0.199. The number of fused-ring (bicyclic) bond motifs is 1. The number of aryl methyl sites for hydroxylation is 1. The van der Waals surface area contributed by atoms with E-state index in [1.54, 1.807) is 24.7 Å². The van der Waals surface area contributed by atoms with E-state index in [9.17, 15) is 5.11 Å². The van der Waals surface area contributed by atoms with Crippen molar-refractivity contribution in [2.45, 2.75) is 13.8 Å². The Bertz CT molecular complexity index is 728. The second kappa shape index (κ2) is 3.80. The summed E-state index contributed by atoms with van der Waals surface area (Å²) < 4.78 is 1.62. The van der Waals surface area contributed by atoms with Gasteiger partial charge < -0.3 is 5.11 Å². The molecule has 2 heterocycles. The summed E-state index contributed by atoms with van der Waals surface area (Å²) in [5, 5.41) is 24.2. The smallest absolute Gasteiger partial charge is 0.183 e. The summed E-state index contributed by atoms with van der Waals surface area (Å²) in [7, 11) is 0. The molecule has 0 aliphatic carbocycles. The van der Waals surface area contributed by atoms with Crippen LogP contribution >= 0.6 is 0 Å². The van der Waals surface area contributed by atoms with Gasteiger partial charge in [0, 0.05) is 10.8 Å². The average molecular weight is 240 g/mol. The van der Waals surface area contributed by atoms with Crippen molar-refractivity contribution < 1.29 is 5.11 Å². The van der Waals surface area contributed by atoms with Crippen LogP contribution in [0.4, 0.5) is 0 Å². The summed E-state index contributed by atoms with van der Waals surface area (Å²) in [5.74, 6) is 0.832. The first kappa shape index (κ1) is 10.7. The maximum absolute atomic E-state index is 9.83. The molecule has 0 fully saturated rings. The van der Waals surface area contributed by atoms with Crippen molar-refractivity contribution in [2.24, 2.45) is 0 Å². The lowest BCUT2D eigenvalue weighted by atomic mass is 10.2. The summed E-state index contributed by atoms with van der Waals surface area (Å²) in [5.41, 5.74) is 1.25. The number of hydrogen-bond acceptors (Lipinski definition) is 4. The Morgan fingerprint density at radius 1 is 1.17 bits per heavy atom. The molecule has 0 saturated carbocycles. The lowest BCUT2D eigenvalue weighted by molar-refractivity contribution is 0.466. The average Bonchev–Trinajstić information content (AvgIpc) is 2.66. The molecule has 0 aliphatic heterocycles. The van der Waals surface area contributed by atoms with Gasteiger partial charge in [-0.1, -0.05) is 24.3 Å². The molecule has 1 aromatic carbocycles. The zero-order valence-corrected chi connectivity index (χ0v) is 10.1. The zero-order chi connectivity index (χ0) is 12.7. The number of aromatic nitrogens is 4. The Kier molecular flexibility index (Phi) is 2.26. The zero-order valence-electron chi connectivity index (χ0n) is 10.1. The van der Waals surface area contributed by atoms with Crippen LogP contribution in [0.15, 0.2) is 30.5 Å². The van der Waals surface area contributed by atoms with Gasteiger partial charge in [-0.3, -0.25) is 0 Å². The molecule has 0 atom stereocenters. The fourth-order valence-electron chi connectivity index (χ4n) is 2.01. The minimum Gasteiger partial charge on any atom is -0.504 e. The summed E-state index contributed by atoms with van der Waals surface area (Å²) >= 11 is 0. The summed E-state index contributed by atoms with van der Waals surface area (Å²) in [4.78, 5) is 0. The Labute approximate surface area is 104 Å². The van der Waals surface area contributed by atoms with Gasteiger partial charge in [0.05, 0.1) is 11.9 Å². The Balaban J connectivity index is 2.35. The van der Waals surface area contributed by atoms with Gasteiger partial charge in [0.1, 0.15) is 5.69 Å². The van der Waals surface area contributed by atoms with Crippen LogP contribution in [0.25, 0.3) is 16.6 Å². The van der Waals surface area contributed by atoms with E-state index in [0.717, 1.165) is 10.8 Å². The first-order valence-corrected chi connectivity index (χ1v) is 5.64. The molecule has 1 N–H and O–H groups in total. The highest BCUT2D eigenvalue weighted by Crippen LogP contribution is 2.25. The van der Waals surface area contributed by atoms with Gasteiger partial charge >= 0.3 is 0 Å². The molecule has 3 rings (SSSR count). The fraction of sp³-hybridized carbons (Fsp3) is 0.154. The van der Waals surface area contributed by atoms with E-state index in [4.69, 9.17) is 0 Å². The van der Waals surface area contributed by atoms with E-state index >= 15 is 0 Å². The van der Waals surface area contributed by atoms with Crippen molar-refractivity contribution in [2.75, 3.05) is 0 Å². The standard InChI is InChI=1S/C13H12N4O/c1-8-12(18)9(2)17(16-8)13-11-6-4-3-5-10(11)7-14-15-13/h3-7,18H,1-2H3. The van der Waals surface area contributed by atoms with Crippen LogP contribution in [-0.2, 0) is 0 Å². The van der Waals surface area contributed by atoms with Gasteiger partial charge in [-0.25, -0.2) is 4.68 Å². The van der Waals surface area contributed by atoms with Crippen molar-refractivity contribution in [1.29, 1.82) is 0 Å². The van der Waals surface area contributed by atoms with Crippen molar-refractivity contribution in [1.82, 2.24) is 20.0 Å². The molecule has 0 spiro atoms. The molecule has 2 aromatic heterocycles. The summed E-state index contributed by atoms with van der Waals surface area (Å²) in [6.45, 7) is 3.57. The molecule has 90 valence electrons. The first-order chi connectivity index (χ1) is 8.68. The Hall–Kier alpha value is -2.43. The Morgan fingerprint density at radius 3 is 2.67 bits per heavy atom. The first-order valence-electron chi connectivity index (χ1n) is 5.64. The van der Waals surface area contributed by atoms with Crippen LogP contribution in [0.1, 0.15) is 11.4 Å². The number of aromatic hydroxyl groups is 1. The SMILES string of the molecule is Cc1nn(-c2nncc3ccccc23)c(C)c1O. The van der Waals surface area contributed by atoms with Crippen LogP contribution in [0.5, 0.6) is 5.75 Å². The van der Waals surface area contributed by atoms with E-state index in [1.807, 2.05) is 24.3 Å². The topological polar surface area (TPSA) is 63.8 Å². The second-order valence-electron chi connectivity index (χ2n) is 4.19. The normalized spacial score (nSPS) is 11.0. The quantitative estimate of drug-likeness (QED) is 0.707. The van der Waals surface area contributed by atoms with Crippen LogP contribution in [-0.4, -0.2) is 25.1 Å². The van der Waals surface area contributed by atoms with E-state index in [-0.39, 0.29) is 5.75 Å². The lowest BCUT2D eigenvalue weighted by Crippen LogP contribution is -2.04. The van der Waals surface area contributed by atoms with E-state index in [1.165, 1.54) is 0 Å². The van der Waals surface area contributed by atoms with Gasteiger partial charge in [0.25, 0.3) is 0 Å². The van der Waals surface area contributed by atoms with Gasteiger partial charge in [0.15, 0.2) is 11.6 Å². The minimum atomic E-state index is 0.199. The molecular formula is C13H12N4O. The predicted octanol–water partition coefficient (Wildman–Crippen LogP) is 2.14. The molecule has 5 heteroatoms. The fourth-order valence-corrected chi connectivity index (χ4v) is 2.01. The van der Waals surface area contributed by atoms with E-state index < -0.39 is 0 Å². The molecule has 18 heavy (non-hydrogen) atoms. The highest BCUT2D eigenvalue weighted by molar-refractivity contribution is 5.87. The van der Waals surface area contributed by atoms with Gasteiger partial charge in [-0.15, -0.1) is 5.10 Å². The van der Waals surface area contributed by atoms with Crippen molar-refractivity contribution in [3.8, 4) is 11.6 Å². The van der Waals surface area contributed by atoms with Gasteiger partial charge in [-0.05, 0) is 13.8 Å². The van der Waals surface area contributed by atoms with E-state index in [2.05, 4.69) is 15.3 Å². The number of hydrogen-bond donors (Lipinski definition) is 1. The monoisotopic (exact) mass is 240 g/mol. The van der Waals surface area contributed by atoms with Crippen molar-refractivity contribution in [3.63, 3.8) is 0 Å². The molecule has 5 nitrogen and oxygen atoms in total. The van der Waals surface area contributed by atoms with Crippen LogP contribution in [0, 0.1) is 13.8 Å². The number of rotatable bonds is 1. The predicted molar refractivity (Wildman–Crippen MR) is 67.8 cm³/mol. The largest absolute Gasteiger partial charge is 0.504 e. The third kappa shape index (κ3) is 1.44. The Morgan fingerprint density at radius 2 is 1.94 bits per heavy atom. The third-order valence-corrected chi connectivity index (χ3v) is 3.00. The molecular weight excluding hydrogens is 228 g/mol. The molecule has 0 amide bonds. The second-order valence-corrected chi connectivity index (χ2v) is 4.19. The van der Waals surface area contributed by atoms with Gasteiger partial charge in [0.2, 0.25) is 0 Å². The van der Waals surface area contributed by atoms with Crippen molar-refractivity contribution >= 4 is 10.8 Å². The van der Waals surface area contributed by atoms with Crippen molar-refractivity contribution in [3.05, 3.63) is 41.9 Å². The molecule has 0 unspecified atom stereocenters. The highest BCUT2D eigenvalue weighted by Gasteiger charge is 2.14. The van der Waals surface area contributed by atoms with Gasteiger partial charge in [-0.2, -0.15) is 10.2 Å². The maximum Gasteiger partial charge on any atom is 0.183 e. The highest BCUT2D eigenvalue weighted by atomic mass is 16.3. The lowest BCUT2D eigenvalue weighted by Gasteiger charge is -2.05. The van der Waals surface area contributed by atoms with Crippen LogP contribution in [0.3, 0.4) is 0 Å². The maximum atomic E-state index is 9.83. The number of benzene rings is 1. The molecule has 3 aromatic rings. The molecule has 0 aliphatic rings. The summed E-state index contributed by atoms with van der Waals surface area (Å²) in [6, 6.07) is 7.83. The van der Waals surface area contributed by atoms with Crippen LogP contribution in [0.2, 0.25) is 0 Å². The third-order valence-electron chi connectivity index (χ3n) is 3.00. The molecule has 0 radical (unpaired) electrons. The van der Waals surface area contributed by atoms with Crippen LogP contribution < -0.4 is 0 Å². The number of nitrogens with zero attached hydrogens (tertiary/aromatic N) is 4. The summed E-state index contributed by atoms with van der Waals surface area (Å²) in [6.07, 6.45) is 1.71.